The van der Waals surface area contributed by atoms with Gasteiger partial charge in [-0.05, 0) is 30.4 Å². The molecule has 5 rings (SSSR count). The molecule has 1 saturated carbocycles. The molecule has 0 saturated heterocycles. The molecule has 1 aromatic heterocycles. The molecule has 2 aliphatic carbocycles. The second kappa shape index (κ2) is 5.71. The van der Waals surface area contributed by atoms with Gasteiger partial charge in [0, 0.05) is 11.2 Å². The lowest BCUT2D eigenvalue weighted by Gasteiger charge is -2.42. The second-order valence-electron chi connectivity index (χ2n) is 7.67. The highest BCUT2D eigenvalue weighted by Crippen LogP contribution is 2.49. The number of rotatable bonds is 0. The average Bonchev–Trinajstić information content (AvgIpc) is 2.63. The van der Waals surface area contributed by atoms with Gasteiger partial charge >= 0.3 is 0 Å². The first kappa shape index (κ1) is 15.6. The van der Waals surface area contributed by atoms with Crippen LogP contribution in [0, 0.1) is 0 Å². The lowest BCUT2D eigenvalue weighted by molar-refractivity contribution is 0.166. The van der Waals surface area contributed by atoms with E-state index in [1.54, 1.807) is 4.57 Å². The molecule has 4 nitrogen and oxygen atoms in total. The zero-order chi connectivity index (χ0) is 17.0. The summed E-state index contributed by atoms with van der Waals surface area (Å²) in [7, 11) is 0. The van der Waals surface area contributed by atoms with Gasteiger partial charge in [0.15, 0.2) is 5.16 Å². The van der Waals surface area contributed by atoms with Crippen molar-refractivity contribution in [2.45, 2.75) is 61.7 Å². The molecule has 1 spiro atoms. The summed E-state index contributed by atoms with van der Waals surface area (Å²) >= 11 is 1.51. The Morgan fingerprint density at radius 1 is 1.20 bits per heavy atom. The van der Waals surface area contributed by atoms with Gasteiger partial charge in [-0.15, -0.1) is 0 Å². The van der Waals surface area contributed by atoms with Crippen molar-refractivity contribution >= 4 is 11.8 Å². The Morgan fingerprint density at radius 3 is 2.84 bits per heavy atom. The molecule has 130 valence electrons. The highest BCUT2D eigenvalue weighted by molar-refractivity contribution is 7.99. The van der Waals surface area contributed by atoms with E-state index in [1.165, 1.54) is 36.6 Å². The number of hydrogen-bond acceptors (Lipinski definition) is 4. The maximum atomic E-state index is 13.4. The van der Waals surface area contributed by atoms with Crippen LogP contribution in [-0.4, -0.2) is 26.5 Å². The molecule has 1 atom stereocenters. The van der Waals surface area contributed by atoms with Crippen molar-refractivity contribution in [2.24, 2.45) is 0 Å². The van der Waals surface area contributed by atoms with Crippen LogP contribution in [0.2, 0.25) is 0 Å². The van der Waals surface area contributed by atoms with E-state index in [2.05, 4.69) is 18.2 Å². The molecule has 1 N–H and O–H groups in total. The van der Waals surface area contributed by atoms with Gasteiger partial charge in [-0.1, -0.05) is 55.3 Å². The number of fused-ring (bicyclic) bond motifs is 5. The normalized spacial score (nSPS) is 23.6. The van der Waals surface area contributed by atoms with E-state index in [-0.39, 0.29) is 11.0 Å². The lowest BCUT2D eigenvalue weighted by Crippen LogP contribution is -2.42. The smallest absolute Gasteiger partial charge is 0.262 e. The fraction of sp³-hybridized carbons (Fsp3) is 0.500. The summed E-state index contributed by atoms with van der Waals surface area (Å²) in [6.45, 7) is 0.358. The molecular formula is C20H22N2O2S. The number of hydrogen-bond donors (Lipinski definition) is 1. The molecule has 2 aromatic rings. The standard InChI is InChI=1S/C20H22N2O2S/c23-14-11-22-18(24)16-15-7-3-2-6-13(15)10-20(8-4-1-5-9-20)17(16)21-19(22)25-12-14/h2-3,6-7,14,23H,1,4-5,8-12H2. The first-order valence-corrected chi connectivity index (χ1v) is 10.2. The maximum Gasteiger partial charge on any atom is 0.262 e. The van der Waals surface area contributed by atoms with Gasteiger partial charge in [0.05, 0.1) is 23.9 Å². The molecule has 0 bridgehead atoms. The largest absolute Gasteiger partial charge is 0.390 e. The zero-order valence-electron chi connectivity index (χ0n) is 14.2. The van der Waals surface area contributed by atoms with Gasteiger partial charge in [-0.3, -0.25) is 9.36 Å². The van der Waals surface area contributed by atoms with E-state index >= 15 is 0 Å². The number of aliphatic hydroxyl groups is 1. The molecule has 5 heteroatoms. The third kappa shape index (κ3) is 2.32. The van der Waals surface area contributed by atoms with E-state index in [0.29, 0.717) is 12.3 Å². The molecule has 1 unspecified atom stereocenters. The van der Waals surface area contributed by atoms with Gasteiger partial charge in [-0.25, -0.2) is 4.98 Å². The minimum atomic E-state index is -0.475. The molecular weight excluding hydrogens is 332 g/mol. The Balaban J connectivity index is 1.81. The third-order valence-electron chi connectivity index (χ3n) is 6.06. The zero-order valence-corrected chi connectivity index (χ0v) is 15.0. The summed E-state index contributed by atoms with van der Waals surface area (Å²) < 4.78 is 1.69. The van der Waals surface area contributed by atoms with Gasteiger partial charge in [-0.2, -0.15) is 0 Å². The summed E-state index contributed by atoms with van der Waals surface area (Å²) in [5.74, 6) is 0.620. The average molecular weight is 354 g/mol. The van der Waals surface area contributed by atoms with Crippen molar-refractivity contribution in [3.8, 4) is 11.1 Å². The van der Waals surface area contributed by atoms with Crippen LogP contribution in [-0.2, 0) is 18.4 Å². The summed E-state index contributed by atoms with van der Waals surface area (Å²) in [5, 5.41) is 10.8. The maximum absolute atomic E-state index is 13.4. The number of benzene rings is 1. The van der Waals surface area contributed by atoms with Crippen LogP contribution < -0.4 is 5.56 Å². The van der Waals surface area contributed by atoms with Crippen LogP contribution in [0.15, 0.2) is 34.2 Å². The SMILES string of the molecule is O=c1c2c(nc3n1CC(O)CS3)C1(CCCCC1)Cc1ccccc1-2. The minimum absolute atomic E-state index is 0.0211. The molecule has 3 aliphatic rings. The molecule has 1 aromatic carbocycles. The molecule has 25 heavy (non-hydrogen) atoms. The van der Waals surface area contributed by atoms with Crippen molar-refractivity contribution in [3.63, 3.8) is 0 Å². The quantitative estimate of drug-likeness (QED) is 0.739. The van der Waals surface area contributed by atoms with Gasteiger partial charge < -0.3 is 5.11 Å². The van der Waals surface area contributed by atoms with Crippen LogP contribution in [0.3, 0.4) is 0 Å². The van der Waals surface area contributed by atoms with E-state index in [0.717, 1.165) is 41.2 Å². The lowest BCUT2D eigenvalue weighted by atomic mass is 9.63. The highest BCUT2D eigenvalue weighted by Gasteiger charge is 2.43. The Labute approximate surface area is 151 Å². The summed E-state index contributed by atoms with van der Waals surface area (Å²) in [6.07, 6.45) is 6.48. The predicted octanol–water partition coefficient (Wildman–Crippen LogP) is 3.13. The van der Waals surface area contributed by atoms with Crippen LogP contribution in [0.25, 0.3) is 11.1 Å². The number of nitrogens with zero attached hydrogens (tertiary/aromatic N) is 2. The van der Waals surface area contributed by atoms with Crippen molar-refractivity contribution in [3.05, 3.63) is 45.9 Å². The van der Waals surface area contributed by atoms with E-state index in [1.807, 2.05) is 6.07 Å². The Bertz CT molecular complexity index is 899. The van der Waals surface area contributed by atoms with Crippen LogP contribution >= 0.6 is 11.8 Å². The molecule has 0 amide bonds. The van der Waals surface area contributed by atoms with Crippen molar-refractivity contribution in [2.75, 3.05) is 5.75 Å². The Morgan fingerprint density at radius 2 is 2.00 bits per heavy atom. The number of thioether (sulfide) groups is 1. The van der Waals surface area contributed by atoms with Crippen molar-refractivity contribution in [1.82, 2.24) is 9.55 Å². The fourth-order valence-electron chi connectivity index (χ4n) is 4.88. The predicted molar refractivity (Wildman–Crippen MR) is 99.1 cm³/mol. The van der Waals surface area contributed by atoms with Crippen LogP contribution in [0.5, 0.6) is 0 Å². The number of aromatic nitrogens is 2. The molecule has 2 heterocycles. The first-order chi connectivity index (χ1) is 12.2. The molecule has 1 aliphatic heterocycles. The van der Waals surface area contributed by atoms with Crippen LogP contribution in [0.4, 0.5) is 0 Å². The highest BCUT2D eigenvalue weighted by atomic mass is 32.2. The Kier molecular flexibility index (Phi) is 3.57. The van der Waals surface area contributed by atoms with Gasteiger partial charge in [0.1, 0.15) is 0 Å². The van der Waals surface area contributed by atoms with Gasteiger partial charge in [0.25, 0.3) is 5.56 Å². The van der Waals surface area contributed by atoms with Crippen molar-refractivity contribution in [1.29, 1.82) is 0 Å². The van der Waals surface area contributed by atoms with Crippen molar-refractivity contribution < 1.29 is 5.11 Å². The Hall–Kier alpha value is -1.59. The van der Waals surface area contributed by atoms with Crippen LogP contribution in [0.1, 0.15) is 43.4 Å². The fourth-order valence-corrected chi connectivity index (χ4v) is 5.79. The topological polar surface area (TPSA) is 55.1 Å². The molecule has 1 fully saturated rings. The minimum Gasteiger partial charge on any atom is -0.390 e. The monoisotopic (exact) mass is 354 g/mol. The second-order valence-corrected chi connectivity index (χ2v) is 8.66. The summed E-state index contributed by atoms with van der Waals surface area (Å²) in [5.41, 5.74) is 4.20. The van der Waals surface area contributed by atoms with E-state index in [4.69, 9.17) is 4.98 Å². The van der Waals surface area contributed by atoms with E-state index in [9.17, 15) is 9.90 Å². The van der Waals surface area contributed by atoms with Gasteiger partial charge in [0.2, 0.25) is 0 Å². The molecule has 0 radical (unpaired) electrons. The third-order valence-corrected chi connectivity index (χ3v) is 7.18. The number of aliphatic hydroxyl groups excluding tert-OH is 1. The summed E-state index contributed by atoms with van der Waals surface area (Å²) in [6, 6.07) is 8.31. The first-order valence-electron chi connectivity index (χ1n) is 9.22. The van der Waals surface area contributed by atoms with E-state index < -0.39 is 6.10 Å². The summed E-state index contributed by atoms with van der Waals surface area (Å²) in [4.78, 5) is 18.4.